The molecule has 0 aliphatic rings. The average Bonchev–Trinajstić information content (AvgIpc) is 2.73. The van der Waals surface area contributed by atoms with Crippen molar-refractivity contribution in [2.75, 3.05) is 6.61 Å². The van der Waals surface area contributed by atoms with Crippen molar-refractivity contribution in [3.8, 4) is 22.3 Å². The molecule has 0 amide bonds. The van der Waals surface area contributed by atoms with Crippen LogP contribution < -0.4 is 0 Å². The van der Waals surface area contributed by atoms with E-state index in [0.717, 1.165) is 33.2 Å². The lowest BCUT2D eigenvalue weighted by Gasteiger charge is -2.07. The van der Waals surface area contributed by atoms with Crippen molar-refractivity contribution >= 4 is 16.9 Å². The smallest absolute Gasteiger partial charge is 0.338 e. The predicted octanol–water partition coefficient (Wildman–Crippen LogP) is 5.88. The Kier molecular flexibility index (Phi) is 4.85. The van der Waals surface area contributed by atoms with E-state index >= 15 is 0 Å². The number of benzene rings is 3. The molecule has 0 atom stereocenters. The van der Waals surface area contributed by atoms with Gasteiger partial charge < -0.3 is 4.74 Å². The van der Waals surface area contributed by atoms with E-state index in [9.17, 15) is 9.18 Å². The minimum absolute atomic E-state index is 0.265. The van der Waals surface area contributed by atoms with E-state index in [1.165, 1.54) is 12.1 Å². The number of ether oxygens (including phenoxy) is 1. The van der Waals surface area contributed by atoms with Gasteiger partial charge >= 0.3 is 5.97 Å². The third-order valence-corrected chi connectivity index (χ3v) is 4.57. The average molecular weight is 371 g/mol. The maximum absolute atomic E-state index is 13.5. The molecule has 1 aromatic heterocycles. The fourth-order valence-corrected chi connectivity index (χ4v) is 3.14. The summed E-state index contributed by atoms with van der Waals surface area (Å²) in [4.78, 5) is 16.3. The van der Waals surface area contributed by atoms with Gasteiger partial charge in [0.25, 0.3) is 0 Å². The van der Waals surface area contributed by atoms with Gasteiger partial charge in [-0.1, -0.05) is 36.4 Å². The van der Waals surface area contributed by atoms with E-state index in [2.05, 4.69) is 4.98 Å². The van der Waals surface area contributed by atoms with Gasteiger partial charge in [-0.25, -0.2) is 9.18 Å². The minimum Gasteiger partial charge on any atom is -0.462 e. The second-order valence-electron chi connectivity index (χ2n) is 6.44. The molecule has 0 aliphatic carbocycles. The minimum atomic E-state index is -0.320. The lowest BCUT2D eigenvalue weighted by Crippen LogP contribution is -2.03. The third-order valence-electron chi connectivity index (χ3n) is 4.57. The van der Waals surface area contributed by atoms with Gasteiger partial charge in [-0.15, -0.1) is 0 Å². The molecule has 0 unspecified atom stereocenters. The summed E-state index contributed by atoms with van der Waals surface area (Å²) in [6.45, 7) is 2.14. The summed E-state index contributed by atoms with van der Waals surface area (Å²) in [5.74, 6) is -0.585. The number of halogens is 1. The maximum atomic E-state index is 13.5. The van der Waals surface area contributed by atoms with Crippen molar-refractivity contribution in [1.82, 2.24) is 4.98 Å². The number of esters is 1. The van der Waals surface area contributed by atoms with Crippen molar-refractivity contribution in [2.24, 2.45) is 0 Å². The summed E-state index contributed by atoms with van der Waals surface area (Å²) in [5.41, 5.74) is 5.06. The fourth-order valence-electron chi connectivity index (χ4n) is 3.14. The molecule has 0 saturated heterocycles. The second kappa shape index (κ2) is 7.61. The normalized spacial score (nSPS) is 10.8. The monoisotopic (exact) mass is 371 g/mol. The van der Waals surface area contributed by atoms with Gasteiger partial charge in [0, 0.05) is 17.1 Å². The van der Waals surface area contributed by atoms with E-state index in [1.54, 1.807) is 31.3 Å². The second-order valence-corrected chi connectivity index (χ2v) is 6.44. The quantitative estimate of drug-likeness (QED) is 0.420. The summed E-state index contributed by atoms with van der Waals surface area (Å²) in [6, 6.07) is 21.8. The Labute approximate surface area is 162 Å². The van der Waals surface area contributed by atoms with Gasteiger partial charge in [-0.3, -0.25) is 4.98 Å². The van der Waals surface area contributed by atoms with Crippen LogP contribution in [0, 0.1) is 5.82 Å². The van der Waals surface area contributed by atoms with Crippen LogP contribution in [0.25, 0.3) is 33.2 Å². The summed E-state index contributed by atoms with van der Waals surface area (Å²) >= 11 is 0. The van der Waals surface area contributed by atoms with Gasteiger partial charge in [0.2, 0.25) is 0 Å². The first kappa shape index (κ1) is 17.9. The first-order valence-corrected chi connectivity index (χ1v) is 9.07. The zero-order valence-electron chi connectivity index (χ0n) is 15.4. The molecule has 0 N–H and O–H groups in total. The number of rotatable bonds is 4. The Hall–Kier alpha value is -3.53. The van der Waals surface area contributed by atoms with Crippen LogP contribution in [0.1, 0.15) is 17.3 Å². The van der Waals surface area contributed by atoms with Crippen LogP contribution in [-0.4, -0.2) is 17.6 Å². The molecule has 4 rings (SSSR count). The van der Waals surface area contributed by atoms with Crippen LogP contribution >= 0.6 is 0 Å². The highest BCUT2D eigenvalue weighted by atomic mass is 19.1. The highest BCUT2D eigenvalue weighted by Crippen LogP contribution is 2.27. The van der Waals surface area contributed by atoms with E-state index in [0.29, 0.717) is 12.2 Å². The summed E-state index contributed by atoms with van der Waals surface area (Å²) < 4.78 is 18.5. The van der Waals surface area contributed by atoms with Crippen molar-refractivity contribution in [3.05, 3.63) is 90.4 Å². The Morgan fingerprint density at radius 1 is 0.893 bits per heavy atom. The molecule has 4 heteroatoms. The van der Waals surface area contributed by atoms with Gasteiger partial charge in [-0.05, 0) is 60.0 Å². The lowest BCUT2D eigenvalue weighted by molar-refractivity contribution is 0.0526. The summed E-state index contributed by atoms with van der Waals surface area (Å²) in [5, 5.41) is 0.980. The highest BCUT2D eigenvalue weighted by molar-refractivity contribution is 5.91. The fraction of sp³-hybridized carbons (Fsp3) is 0.0833. The van der Waals surface area contributed by atoms with Gasteiger partial charge in [0.15, 0.2) is 0 Å². The zero-order chi connectivity index (χ0) is 19.5. The van der Waals surface area contributed by atoms with Gasteiger partial charge in [0.1, 0.15) is 5.82 Å². The molecule has 28 heavy (non-hydrogen) atoms. The number of carbonyl (C=O) groups excluding carboxylic acids is 1. The number of hydrogen-bond acceptors (Lipinski definition) is 3. The van der Waals surface area contributed by atoms with Crippen molar-refractivity contribution in [3.63, 3.8) is 0 Å². The van der Waals surface area contributed by atoms with Crippen LogP contribution in [-0.2, 0) is 4.74 Å². The number of pyridine rings is 1. The molecule has 3 aromatic carbocycles. The van der Waals surface area contributed by atoms with E-state index in [-0.39, 0.29) is 11.8 Å². The van der Waals surface area contributed by atoms with Crippen molar-refractivity contribution in [1.29, 1.82) is 0 Å². The molecule has 0 saturated carbocycles. The van der Waals surface area contributed by atoms with E-state index in [1.807, 2.05) is 42.5 Å². The van der Waals surface area contributed by atoms with Gasteiger partial charge in [-0.2, -0.15) is 0 Å². The Bertz CT molecular complexity index is 1150. The summed E-state index contributed by atoms with van der Waals surface area (Å²) in [7, 11) is 0. The molecular formula is C24H18FNO2. The zero-order valence-corrected chi connectivity index (χ0v) is 15.4. The number of nitrogens with zero attached hydrogens (tertiary/aromatic N) is 1. The number of carbonyl (C=O) groups is 1. The number of hydrogen-bond donors (Lipinski definition) is 0. The van der Waals surface area contributed by atoms with Crippen LogP contribution in [0.3, 0.4) is 0 Å². The molecule has 0 bridgehead atoms. The predicted molar refractivity (Wildman–Crippen MR) is 109 cm³/mol. The summed E-state index contributed by atoms with van der Waals surface area (Å²) in [6.07, 6.45) is 1.75. The SMILES string of the molecule is CCOC(=O)c1ccc(-c2ccc3cc(-c4cccc(F)c4)cnc3c2)cc1. The van der Waals surface area contributed by atoms with Gasteiger partial charge in [0.05, 0.1) is 17.7 Å². The molecule has 3 nitrogen and oxygen atoms in total. The van der Waals surface area contributed by atoms with Crippen molar-refractivity contribution in [2.45, 2.75) is 6.92 Å². The molecule has 1 heterocycles. The van der Waals surface area contributed by atoms with E-state index in [4.69, 9.17) is 4.74 Å². The maximum Gasteiger partial charge on any atom is 0.338 e. The lowest BCUT2D eigenvalue weighted by atomic mass is 10.0. The Morgan fingerprint density at radius 2 is 1.64 bits per heavy atom. The highest BCUT2D eigenvalue weighted by Gasteiger charge is 2.08. The van der Waals surface area contributed by atoms with Crippen LogP contribution in [0.15, 0.2) is 79.0 Å². The largest absolute Gasteiger partial charge is 0.462 e. The molecule has 138 valence electrons. The molecule has 0 radical (unpaired) electrons. The molecule has 0 spiro atoms. The molecule has 4 aromatic rings. The standard InChI is InChI=1S/C24H18FNO2/c1-2-28-24(27)17-8-6-16(7-9-17)19-10-11-20-12-21(15-26-23(20)14-19)18-4-3-5-22(25)13-18/h3-15H,2H2,1H3. The first-order chi connectivity index (χ1) is 13.6. The molecule has 0 aliphatic heterocycles. The van der Waals surface area contributed by atoms with Crippen LogP contribution in [0.5, 0.6) is 0 Å². The van der Waals surface area contributed by atoms with Crippen molar-refractivity contribution < 1.29 is 13.9 Å². The Morgan fingerprint density at radius 3 is 2.39 bits per heavy atom. The van der Waals surface area contributed by atoms with Crippen LogP contribution in [0.4, 0.5) is 4.39 Å². The van der Waals surface area contributed by atoms with Crippen LogP contribution in [0.2, 0.25) is 0 Å². The third kappa shape index (κ3) is 3.62. The Balaban J connectivity index is 1.65. The van der Waals surface area contributed by atoms with E-state index < -0.39 is 0 Å². The number of aromatic nitrogens is 1. The molecule has 0 fully saturated rings. The first-order valence-electron chi connectivity index (χ1n) is 9.07. The number of fused-ring (bicyclic) bond motifs is 1. The molecular weight excluding hydrogens is 353 g/mol. The topological polar surface area (TPSA) is 39.2 Å².